The molecule has 0 amide bonds. The van der Waals surface area contributed by atoms with E-state index in [9.17, 15) is 5.11 Å². The lowest BCUT2D eigenvalue weighted by Gasteiger charge is -2.08. The van der Waals surface area contributed by atoms with Gasteiger partial charge in [-0.05, 0) is 26.3 Å². The molecule has 3 heteroatoms. The van der Waals surface area contributed by atoms with Gasteiger partial charge >= 0.3 is 0 Å². The van der Waals surface area contributed by atoms with Gasteiger partial charge < -0.3 is 5.11 Å². The van der Waals surface area contributed by atoms with E-state index in [1.807, 2.05) is 24.6 Å². The Bertz CT molecular complexity index is 268. The van der Waals surface area contributed by atoms with E-state index >= 15 is 0 Å². The van der Waals surface area contributed by atoms with Gasteiger partial charge in [-0.25, -0.2) is 0 Å². The van der Waals surface area contributed by atoms with E-state index < -0.39 is 0 Å². The maximum absolute atomic E-state index is 9.50. The highest BCUT2D eigenvalue weighted by Crippen LogP contribution is 2.08. The third-order valence-corrected chi connectivity index (χ3v) is 2.20. The summed E-state index contributed by atoms with van der Waals surface area (Å²) in [6.07, 6.45) is 1.28. The minimum Gasteiger partial charge on any atom is -0.393 e. The topological polar surface area (TPSA) is 38.1 Å². The molecule has 0 spiro atoms. The molecule has 1 heterocycles. The lowest BCUT2D eigenvalue weighted by atomic mass is 10.1. The first-order chi connectivity index (χ1) is 6.17. The molecule has 0 bridgehead atoms. The van der Waals surface area contributed by atoms with Gasteiger partial charge in [0, 0.05) is 18.7 Å². The van der Waals surface area contributed by atoms with Crippen LogP contribution in [0.2, 0.25) is 0 Å². The zero-order valence-electron chi connectivity index (χ0n) is 8.62. The average molecular weight is 182 g/mol. The lowest BCUT2D eigenvalue weighted by molar-refractivity contribution is 0.168. The zero-order valence-corrected chi connectivity index (χ0v) is 8.62. The molecule has 74 valence electrons. The minimum atomic E-state index is -0.235. The molecule has 1 atom stereocenters. The Labute approximate surface area is 79.4 Å². The number of hydrogen-bond donors (Lipinski definition) is 1. The van der Waals surface area contributed by atoms with Gasteiger partial charge in [0.25, 0.3) is 0 Å². The van der Waals surface area contributed by atoms with Crippen molar-refractivity contribution in [1.82, 2.24) is 9.78 Å². The van der Waals surface area contributed by atoms with Crippen LogP contribution in [-0.2, 0) is 13.0 Å². The van der Waals surface area contributed by atoms with Crippen molar-refractivity contribution in [3.8, 4) is 0 Å². The van der Waals surface area contributed by atoms with E-state index in [0.717, 1.165) is 24.4 Å². The van der Waals surface area contributed by atoms with Crippen LogP contribution in [0.25, 0.3) is 0 Å². The Morgan fingerprint density at radius 3 is 2.77 bits per heavy atom. The fraction of sp³-hybridized carbons (Fsp3) is 0.700. The van der Waals surface area contributed by atoms with Crippen LogP contribution in [0.5, 0.6) is 0 Å². The Morgan fingerprint density at radius 2 is 2.23 bits per heavy atom. The first kappa shape index (κ1) is 10.3. The molecular formula is C10H18N2O. The number of aromatic nitrogens is 2. The molecule has 1 N–H and O–H groups in total. The van der Waals surface area contributed by atoms with Gasteiger partial charge in [-0.1, -0.05) is 6.92 Å². The van der Waals surface area contributed by atoms with Crippen LogP contribution in [0.15, 0.2) is 6.07 Å². The van der Waals surface area contributed by atoms with Gasteiger partial charge in [0.1, 0.15) is 0 Å². The fourth-order valence-electron chi connectivity index (χ4n) is 1.42. The van der Waals surface area contributed by atoms with Crippen molar-refractivity contribution >= 4 is 0 Å². The summed E-state index contributed by atoms with van der Waals surface area (Å²) in [5.74, 6) is 0. The molecule has 0 aromatic carbocycles. The molecule has 1 aromatic rings. The summed E-state index contributed by atoms with van der Waals surface area (Å²) in [5.41, 5.74) is 2.16. The monoisotopic (exact) mass is 182 g/mol. The van der Waals surface area contributed by atoms with Crippen LogP contribution >= 0.6 is 0 Å². The van der Waals surface area contributed by atoms with Gasteiger partial charge in [-0.15, -0.1) is 0 Å². The molecule has 0 aliphatic heterocycles. The maximum atomic E-state index is 9.50. The van der Waals surface area contributed by atoms with Crippen LogP contribution < -0.4 is 0 Å². The molecule has 0 aliphatic carbocycles. The second-order valence-corrected chi connectivity index (χ2v) is 3.36. The summed E-state index contributed by atoms with van der Waals surface area (Å²) < 4.78 is 1.95. The first-order valence-corrected chi connectivity index (χ1v) is 4.88. The van der Waals surface area contributed by atoms with E-state index in [0.29, 0.717) is 6.42 Å². The number of nitrogens with zero attached hydrogens (tertiary/aromatic N) is 2. The normalized spacial score (nSPS) is 13.2. The van der Waals surface area contributed by atoms with E-state index in [1.165, 1.54) is 0 Å². The predicted molar refractivity (Wildman–Crippen MR) is 52.6 cm³/mol. The number of aliphatic hydroxyl groups excluding tert-OH is 1. The molecule has 0 radical (unpaired) electrons. The van der Waals surface area contributed by atoms with Crippen LogP contribution in [0.1, 0.15) is 31.7 Å². The van der Waals surface area contributed by atoms with E-state index in [1.54, 1.807) is 0 Å². The van der Waals surface area contributed by atoms with Crippen LogP contribution in [0, 0.1) is 6.92 Å². The summed E-state index contributed by atoms with van der Waals surface area (Å²) in [6.45, 7) is 6.91. The second-order valence-electron chi connectivity index (χ2n) is 3.36. The molecule has 1 aromatic heterocycles. The van der Waals surface area contributed by atoms with Crippen LogP contribution in [-0.4, -0.2) is 21.0 Å². The first-order valence-electron chi connectivity index (χ1n) is 4.88. The smallest absolute Gasteiger partial charge is 0.0596 e. The molecule has 0 saturated heterocycles. The van der Waals surface area contributed by atoms with Crippen molar-refractivity contribution in [2.45, 2.75) is 46.3 Å². The van der Waals surface area contributed by atoms with Gasteiger partial charge in [0.2, 0.25) is 0 Å². The third kappa shape index (κ3) is 2.56. The predicted octanol–water partition coefficient (Wildman–Crippen LogP) is 1.52. The van der Waals surface area contributed by atoms with Crippen molar-refractivity contribution in [1.29, 1.82) is 0 Å². The molecule has 1 unspecified atom stereocenters. The Morgan fingerprint density at radius 1 is 1.54 bits per heavy atom. The fourth-order valence-corrected chi connectivity index (χ4v) is 1.42. The highest BCUT2D eigenvalue weighted by molar-refractivity contribution is 5.09. The van der Waals surface area contributed by atoms with Crippen molar-refractivity contribution in [2.24, 2.45) is 0 Å². The summed E-state index contributed by atoms with van der Waals surface area (Å²) >= 11 is 0. The van der Waals surface area contributed by atoms with Gasteiger partial charge in [0.05, 0.1) is 11.8 Å². The van der Waals surface area contributed by atoms with E-state index in [-0.39, 0.29) is 6.10 Å². The standard InChI is InChI=1S/C10H18N2O/c1-4-10(13)7-9-6-8(3)11-12(9)5-2/h6,10,13H,4-5,7H2,1-3H3. The van der Waals surface area contributed by atoms with Gasteiger partial charge in [-0.2, -0.15) is 5.10 Å². The SMILES string of the molecule is CCC(O)Cc1cc(C)nn1CC. The Hall–Kier alpha value is -0.830. The number of hydrogen-bond acceptors (Lipinski definition) is 2. The van der Waals surface area contributed by atoms with E-state index in [2.05, 4.69) is 12.0 Å². The van der Waals surface area contributed by atoms with Crippen molar-refractivity contribution < 1.29 is 5.11 Å². The molecular weight excluding hydrogens is 164 g/mol. The lowest BCUT2D eigenvalue weighted by Crippen LogP contribution is -2.12. The summed E-state index contributed by atoms with van der Waals surface area (Å²) in [4.78, 5) is 0. The third-order valence-electron chi connectivity index (χ3n) is 2.20. The summed E-state index contributed by atoms with van der Waals surface area (Å²) in [6, 6.07) is 2.04. The average Bonchev–Trinajstić information content (AvgIpc) is 2.46. The molecule has 1 rings (SSSR count). The molecule has 0 saturated carbocycles. The van der Waals surface area contributed by atoms with Crippen LogP contribution in [0.3, 0.4) is 0 Å². The van der Waals surface area contributed by atoms with Gasteiger partial charge in [-0.3, -0.25) is 4.68 Å². The molecule has 3 nitrogen and oxygen atoms in total. The highest BCUT2D eigenvalue weighted by atomic mass is 16.3. The van der Waals surface area contributed by atoms with E-state index in [4.69, 9.17) is 0 Å². The van der Waals surface area contributed by atoms with Crippen molar-refractivity contribution in [3.63, 3.8) is 0 Å². The minimum absolute atomic E-state index is 0.235. The van der Waals surface area contributed by atoms with Crippen molar-refractivity contribution in [2.75, 3.05) is 0 Å². The zero-order chi connectivity index (χ0) is 9.84. The number of aryl methyl sites for hydroxylation is 2. The Kier molecular flexibility index (Phi) is 3.48. The highest BCUT2D eigenvalue weighted by Gasteiger charge is 2.08. The number of aliphatic hydroxyl groups is 1. The largest absolute Gasteiger partial charge is 0.393 e. The quantitative estimate of drug-likeness (QED) is 0.766. The maximum Gasteiger partial charge on any atom is 0.0596 e. The van der Waals surface area contributed by atoms with Gasteiger partial charge in [0.15, 0.2) is 0 Å². The second kappa shape index (κ2) is 4.42. The van der Waals surface area contributed by atoms with Crippen LogP contribution in [0.4, 0.5) is 0 Å². The molecule has 0 fully saturated rings. The number of rotatable bonds is 4. The summed E-state index contributed by atoms with van der Waals surface area (Å²) in [5, 5.41) is 13.8. The molecule has 0 aliphatic rings. The summed E-state index contributed by atoms with van der Waals surface area (Å²) in [7, 11) is 0. The van der Waals surface area contributed by atoms with Crippen molar-refractivity contribution in [3.05, 3.63) is 17.5 Å². The molecule has 13 heavy (non-hydrogen) atoms. The Balaban J connectivity index is 2.74.